The van der Waals surface area contributed by atoms with Crippen molar-refractivity contribution in [2.75, 3.05) is 14.1 Å². The molecule has 1 aromatic heterocycles. The molecule has 1 atom stereocenters. The van der Waals surface area contributed by atoms with E-state index in [0.717, 1.165) is 10.5 Å². The van der Waals surface area contributed by atoms with E-state index in [2.05, 4.69) is 15.5 Å². The number of carbonyl (C=O) groups is 4. The molecular weight excluding hydrogens is 616 g/mol. The van der Waals surface area contributed by atoms with Crippen molar-refractivity contribution in [3.63, 3.8) is 0 Å². The Kier molecular flexibility index (Phi) is 9.05. The number of hydrogen-bond acceptors (Lipinski definition) is 7. The number of aromatic nitrogens is 3. The van der Waals surface area contributed by atoms with Gasteiger partial charge in [0.25, 0.3) is 11.8 Å². The number of nitrogens with zero attached hydrogens (tertiary/aromatic N) is 5. The molecule has 5 aromatic rings. The molecule has 0 saturated heterocycles. The lowest BCUT2D eigenvalue weighted by atomic mass is 10.0. The van der Waals surface area contributed by atoms with Gasteiger partial charge in [-0.3, -0.25) is 28.6 Å². The summed E-state index contributed by atoms with van der Waals surface area (Å²) in [5.41, 5.74) is 2.62. The third kappa shape index (κ3) is 6.46. The van der Waals surface area contributed by atoms with Gasteiger partial charge in [0, 0.05) is 22.6 Å². The summed E-state index contributed by atoms with van der Waals surface area (Å²) in [5.74, 6) is -0.947. The van der Waals surface area contributed by atoms with Gasteiger partial charge in [0.2, 0.25) is 5.91 Å². The molecular formula is C36H31ClN6O4. The predicted octanol–water partition coefficient (Wildman–Crippen LogP) is 4.74. The van der Waals surface area contributed by atoms with Gasteiger partial charge in [-0.05, 0) is 50.0 Å². The molecule has 4 aromatic carbocycles. The number of carbonyl (C=O) groups excluding carboxylic acids is 4. The lowest BCUT2D eigenvalue weighted by Gasteiger charge is -2.25. The third-order valence-electron chi connectivity index (χ3n) is 7.87. The summed E-state index contributed by atoms with van der Waals surface area (Å²) < 4.78 is 1.74. The monoisotopic (exact) mass is 646 g/mol. The van der Waals surface area contributed by atoms with E-state index in [0.29, 0.717) is 40.0 Å². The third-order valence-corrected chi connectivity index (χ3v) is 8.10. The van der Waals surface area contributed by atoms with Gasteiger partial charge in [-0.1, -0.05) is 84.4 Å². The van der Waals surface area contributed by atoms with Crippen LogP contribution in [-0.2, 0) is 24.3 Å². The summed E-state index contributed by atoms with van der Waals surface area (Å²) in [6.07, 6.45) is 0.115. The Morgan fingerprint density at radius 1 is 0.809 bits per heavy atom. The smallest absolute Gasteiger partial charge is 0.262 e. The Morgan fingerprint density at radius 3 is 2.04 bits per heavy atom. The van der Waals surface area contributed by atoms with Crippen LogP contribution < -0.4 is 5.32 Å². The molecule has 1 aliphatic heterocycles. The fourth-order valence-electron chi connectivity index (χ4n) is 5.68. The molecule has 2 heterocycles. The second-order valence-electron chi connectivity index (χ2n) is 11.4. The standard InChI is InChI=1S/C36H31ClN6O4/c1-41(2)22-32-40-39-31(42(32)29-18-17-25(37)20-28(29)33(44)24-13-7-4-8-14-24)21-38-34(45)30(19-23-11-5-3-6-12-23)43-35(46)26-15-9-10-16-27(26)36(43)47/h3-18,20,30H,19,21-22H2,1-2H3,(H,38,45)/t30-/m0/s1. The van der Waals surface area contributed by atoms with E-state index in [9.17, 15) is 19.2 Å². The summed E-state index contributed by atoms with van der Waals surface area (Å²) in [6.45, 7) is 0.281. The number of nitrogens with one attached hydrogen (secondary N) is 1. The number of benzene rings is 4. The number of ketones is 1. The SMILES string of the molecule is CN(C)Cc1nnc(CNC(=O)[C@H](Cc2ccccc2)N2C(=O)c3ccccc3C2=O)n1-c1ccc(Cl)cc1C(=O)c1ccccc1. The number of rotatable bonds is 11. The van der Waals surface area contributed by atoms with Gasteiger partial charge in [0.1, 0.15) is 6.04 Å². The van der Waals surface area contributed by atoms with Crippen LogP contribution in [0.15, 0.2) is 103 Å². The molecule has 1 N–H and O–H groups in total. The summed E-state index contributed by atoms with van der Waals surface area (Å²) in [6, 6.07) is 28.5. The lowest BCUT2D eigenvalue weighted by Crippen LogP contribution is -2.50. The maximum absolute atomic E-state index is 14.0. The molecule has 0 spiro atoms. The van der Waals surface area contributed by atoms with Crippen LogP contribution in [0.3, 0.4) is 0 Å². The minimum atomic E-state index is -1.13. The Bertz CT molecular complexity index is 1940. The fraction of sp³-hybridized carbons (Fsp3) is 0.167. The van der Waals surface area contributed by atoms with Crippen LogP contribution >= 0.6 is 11.6 Å². The van der Waals surface area contributed by atoms with Crippen molar-refractivity contribution >= 4 is 35.1 Å². The van der Waals surface area contributed by atoms with Crippen molar-refractivity contribution in [3.8, 4) is 5.69 Å². The Morgan fingerprint density at radius 2 is 1.40 bits per heavy atom. The summed E-state index contributed by atoms with van der Waals surface area (Å²) >= 11 is 6.38. The van der Waals surface area contributed by atoms with Gasteiger partial charge in [0.15, 0.2) is 17.4 Å². The van der Waals surface area contributed by atoms with E-state index in [-0.39, 0.29) is 29.9 Å². The second-order valence-corrected chi connectivity index (χ2v) is 11.8. The molecule has 10 nitrogen and oxygen atoms in total. The highest BCUT2D eigenvalue weighted by Gasteiger charge is 2.42. The highest BCUT2D eigenvalue weighted by Crippen LogP contribution is 2.28. The number of hydrogen-bond donors (Lipinski definition) is 1. The molecule has 1 aliphatic rings. The quantitative estimate of drug-likeness (QED) is 0.163. The first-order chi connectivity index (χ1) is 22.7. The zero-order valence-electron chi connectivity index (χ0n) is 25.8. The Labute approximate surface area is 276 Å². The van der Waals surface area contributed by atoms with Crippen LogP contribution in [0, 0.1) is 0 Å². The number of amides is 3. The minimum absolute atomic E-state index is 0.102. The summed E-state index contributed by atoms with van der Waals surface area (Å²) in [7, 11) is 3.77. The summed E-state index contributed by atoms with van der Waals surface area (Å²) in [4.78, 5) is 57.6. The molecule has 47 heavy (non-hydrogen) atoms. The lowest BCUT2D eigenvalue weighted by molar-refractivity contribution is -0.125. The first-order valence-corrected chi connectivity index (χ1v) is 15.4. The van der Waals surface area contributed by atoms with Crippen molar-refractivity contribution in [3.05, 3.63) is 148 Å². The topological polar surface area (TPSA) is 118 Å². The Hall–Kier alpha value is -5.45. The van der Waals surface area contributed by atoms with Gasteiger partial charge in [-0.15, -0.1) is 10.2 Å². The van der Waals surface area contributed by atoms with Crippen LogP contribution in [0.5, 0.6) is 0 Å². The van der Waals surface area contributed by atoms with Gasteiger partial charge in [-0.25, -0.2) is 0 Å². The maximum atomic E-state index is 14.0. The van der Waals surface area contributed by atoms with Crippen LogP contribution in [0.4, 0.5) is 0 Å². The molecule has 0 radical (unpaired) electrons. The zero-order chi connectivity index (χ0) is 33.1. The molecule has 11 heteroatoms. The predicted molar refractivity (Wildman–Crippen MR) is 176 cm³/mol. The van der Waals surface area contributed by atoms with E-state index < -0.39 is 23.8 Å². The first-order valence-electron chi connectivity index (χ1n) is 15.0. The van der Waals surface area contributed by atoms with Crippen molar-refractivity contribution in [1.29, 1.82) is 0 Å². The van der Waals surface area contributed by atoms with Crippen LogP contribution in [0.25, 0.3) is 5.69 Å². The number of imide groups is 1. The van der Waals surface area contributed by atoms with Crippen molar-refractivity contribution < 1.29 is 19.2 Å². The van der Waals surface area contributed by atoms with E-state index >= 15 is 0 Å². The largest absolute Gasteiger partial charge is 0.347 e. The first kappa shape index (κ1) is 31.5. The van der Waals surface area contributed by atoms with Crippen LogP contribution in [0.1, 0.15) is 53.8 Å². The van der Waals surface area contributed by atoms with Gasteiger partial charge < -0.3 is 10.2 Å². The van der Waals surface area contributed by atoms with Crippen LogP contribution in [0.2, 0.25) is 5.02 Å². The van der Waals surface area contributed by atoms with Gasteiger partial charge in [-0.2, -0.15) is 0 Å². The fourth-order valence-corrected chi connectivity index (χ4v) is 5.85. The normalized spacial score (nSPS) is 13.1. The molecule has 0 aliphatic carbocycles. The highest BCUT2D eigenvalue weighted by atomic mass is 35.5. The molecule has 0 fully saturated rings. The average Bonchev–Trinajstić information content (AvgIpc) is 3.59. The van der Waals surface area contributed by atoms with E-state index in [1.54, 1.807) is 71.3 Å². The maximum Gasteiger partial charge on any atom is 0.262 e. The van der Waals surface area contributed by atoms with Gasteiger partial charge in [0.05, 0.1) is 29.9 Å². The van der Waals surface area contributed by atoms with E-state index in [1.165, 1.54) is 0 Å². The van der Waals surface area contributed by atoms with E-state index in [1.807, 2.05) is 55.4 Å². The minimum Gasteiger partial charge on any atom is -0.347 e. The highest BCUT2D eigenvalue weighted by molar-refractivity contribution is 6.31. The Balaban J connectivity index is 1.35. The average molecular weight is 647 g/mol. The number of halogens is 1. The second kappa shape index (κ2) is 13.5. The molecule has 0 saturated carbocycles. The number of fused-ring (bicyclic) bond motifs is 1. The van der Waals surface area contributed by atoms with Crippen LogP contribution in [-0.4, -0.2) is 68.2 Å². The van der Waals surface area contributed by atoms with Crippen molar-refractivity contribution in [2.24, 2.45) is 0 Å². The molecule has 6 rings (SSSR count). The zero-order valence-corrected chi connectivity index (χ0v) is 26.5. The molecule has 3 amide bonds. The molecule has 0 unspecified atom stereocenters. The van der Waals surface area contributed by atoms with Gasteiger partial charge >= 0.3 is 0 Å². The summed E-state index contributed by atoms with van der Waals surface area (Å²) in [5, 5.41) is 12.1. The van der Waals surface area contributed by atoms with Crippen molar-refractivity contribution in [2.45, 2.75) is 25.6 Å². The molecule has 236 valence electrons. The van der Waals surface area contributed by atoms with Crippen molar-refractivity contribution in [1.82, 2.24) is 29.9 Å². The van der Waals surface area contributed by atoms with E-state index in [4.69, 9.17) is 11.6 Å². The molecule has 0 bridgehead atoms.